The molecule has 11 rings (SSSR count). The fourth-order valence-electron chi connectivity index (χ4n) is 15.3. The van der Waals surface area contributed by atoms with Gasteiger partial charge in [0.15, 0.2) is 0 Å². The van der Waals surface area contributed by atoms with Crippen molar-refractivity contribution in [2.45, 2.75) is 280 Å². The van der Waals surface area contributed by atoms with Gasteiger partial charge in [-0.2, -0.15) is 0 Å². The number of carbonyl (C=O) groups is 6. The highest BCUT2D eigenvalue weighted by Gasteiger charge is 2.64. The topological polar surface area (TPSA) is 217 Å². The summed E-state index contributed by atoms with van der Waals surface area (Å²) in [5, 5.41) is 21.3. The number of esters is 6. The molecular weight excluding hydrogens is 1050 g/mol. The van der Waals surface area contributed by atoms with Gasteiger partial charge in [-0.15, -0.1) is 0 Å². The Balaban J connectivity index is 0.000000176. The lowest BCUT2D eigenvalue weighted by atomic mass is 9.46. The molecule has 11 aliphatic rings. The minimum Gasteiger partial charge on any atom is -0.462 e. The Labute approximate surface area is 492 Å². The third-order valence-corrected chi connectivity index (χ3v) is 21.3. The number of ether oxygens (including phenoxy) is 8. The quantitative estimate of drug-likeness (QED) is 0.0501. The van der Waals surface area contributed by atoms with E-state index < -0.39 is 45.0 Å². The van der Waals surface area contributed by atoms with Gasteiger partial charge in [0.05, 0.1) is 46.2 Å². The highest BCUT2D eigenvalue weighted by Crippen LogP contribution is 2.65. The zero-order valence-electron chi connectivity index (χ0n) is 53.9. The molecular formula is C66H110O16. The highest BCUT2D eigenvalue weighted by molar-refractivity contribution is 5.79. The molecule has 0 amide bonds. The maximum absolute atomic E-state index is 12.6. The van der Waals surface area contributed by atoms with E-state index in [0.29, 0.717) is 36.5 Å². The van der Waals surface area contributed by atoms with Crippen molar-refractivity contribution in [3.8, 4) is 0 Å². The molecule has 0 aromatic rings. The van der Waals surface area contributed by atoms with Crippen LogP contribution >= 0.6 is 0 Å². The monoisotopic (exact) mass is 1160 g/mol. The predicted molar refractivity (Wildman–Crippen MR) is 309 cm³/mol. The number of hydrogen-bond acceptors (Lipinski definition) is 16. The largest absolute Gasteiger partial charge is 0.462 e. The van der Waals surface area contributed by atoms with E-state index in [1.807, 2.05) is 62.3 Å². The van der Waals surface area contributed by atoms with Crippen molar-refractivity contribution >= 4 is 35.8 Å². The van der Waals surface area contributed by atoms with Gasteiger partial charge in [0.1, 0.15) is 48.0 Å². The summed E-state index contributed by atoms with van der Waals surface area (Å²) in [4.78, 5) is 72.8. The van der Waals surface area contributed by atoms with Gasteiger partial charge in [-0.1, -0.05) is 27.7 Å². The molecule has 8 unspecified atom stereocenters. The van der Waals surface area contributed by atoms with E-state index in [-0.39, 0.29) is 90.5 Å². The molecule has 8 atom stereocenters. The van der Waals surface area contributed by atoms with E-state index in [1.54, 1.807) is 34.6 Å². The Morgan fingerprint density at radius 1 is 0.598 bits per heavy atom. The van der Waals surface area contributed by atoms with E-state index in [4.69, 9.17) is 37.9 Å². The second-order valence-corrected chi connectivity index (χ2v) is 31.4. The van der Waals surface area contributed by atoms with E-state index in [1.165, 1.54) is 52.1 Å². The molecule has 0 aromatic carbocycles. The van der Waals surface area contributed by atoms with Gasteiger partial charge in [0.25, 0.3) is 0 Å². The summed E-state index contributed by atoms with van der Waals surface area (Å²) in [7, 11) is 1.44. The molecule has 1 heterocycles. The highest BCUT2D eigenvalue weighted by atomic mass is 16.7. The number of rotatable bonds is 20. The van der Waals surface area contributed by atoms with Crippen LogP contribution in [-0.4, -0.2) is 113 Å². The summed E-state index contributed by atoms with van der Waals surface area (Å²) in [6, 6.07) is 0. The molecule has 0 aromatic heterocycles. The average Bonchev–Trinajstić information content (AvgIpc) is 3.48. The molecule has 82 heavy (non-hydrogen) atoms. The van der Waals surface area contributed by atoms with Crippen molar-refractivity contribution in [1.82, 2.24) is 0 Å². The Morgan fingerprint density at radius 2 is 1.09 bits per heavy atom. The van der Waals surface area contributed by atoms with Crippen LogP contribution in [0.4, 0.5) is 0 Å². The summed E-state index contributed by atoms with van der Waals surface area (Å²) in [6.07, 6.45) is 17.9. The number of hydrogen-bond donors (Lipinski definition) is 2. The molecule has 0 radical (unpaired) electrons. The van der Waals surface area contributed by atoms with Crippen LogP contribution in [0.15, 0.2) is 0 Å². The zero-order chi connectivity index (χ0) is 61.5. The Morgan fingerprint density at radius 3 is 1.57 bits per heavy atom. The molecule has 16 nitrogen and oxygen atoms in total. The summed E-state index contributed by atoms with van der Waals surface area (Å²) in [5.41, 5.74) is -5.22. The van der Waals surface area contributed by atoms with Crippen molar-refractivity contribution in [2.75, 3.05) is 27.1 Å². The van der Waals surface area contributed by atoms with Crippen LogP contribution in [0.5, 0.6) is 0 Å². The van der Waals surface area contributed by atoms with Crippen LogP contribution in [0, 0.1) is 74.4 Å². The van der Waals surface area contributed by atoms with Gasteiger partial charge in [0, 0.05) is 30.8 Å². The molecule has 11 fully saturated rings. The minimum absolute atomic E-state index is 0.00857. The lowest BCUT2D eigenvalue weighted by Crippen LogP contribution is -2.61. The van der Waals surface area contributed by atoms with Gasteiger partial charge >= 0.3 is 35.8 Å². The Bertz CT molecular complexity index is 2220. The number of aliphatic hydroxyl groups is 2. The Kier molecular flexibility index (Phi) is 20.8. The van der Waals surface area contributed by atoms with Crippen molar-refractivity contribution in [2.24, 2.45) is 74.4 Å². The second kappa shape index (κ2) is 25.2. The van der Waals surface area contributed by atoms with Gasteiger partial charge in [-0.3, -0.25) is 28.8 Å². The molecule has 2 N–H and O–H groups in total. The average molecular weight is 1160 g/mol. The van der Waals surface area contributed by atoms with Gasteiger partial charge in [-0.05, 0) is 229 Å². The van der Waals surface area contributed by atoms with Crippen LogP contribution in [-0.2, 0) is 66.7 Å². The lowest BCUT2D eigenvalue weighted by molar-refractivity contribution is -0.225. The molecule has 0 spiro atoms. The fraction of sp³-hybridized carbons (Fsp3) is 0.909. The molecule has 10 bridgehead atoms. The van der Waals surface area contributed by atoms with E-state index in [0.717, 1.165) is 75.5 Å². The summed E-state index contributed by atoms with van der Waals surface area (Å²) in [5.74, 6) is 3.13. The smallest absolute Gasteiger partial charge is 0.312 e. The third-order valence-electron chi connectivity index (χ3n) is 21.3. The predicted octanol–water partition coefficient (Wildman–Crippen LogP) is 12.0. The van der Waals surface area contributed by atoms with Gasteiger partial charge < -0.3 is 48.1 Å². The van der Waals surface area contributed by atoms with Crippen LogP contribution in [0.1, 0.15) is 240 Å². The molecule has 1 saturated heterocycles. The normalized spacial score (nSPS) is 33.5. The first-order valence-corrected chi connectivity index (χ1v) is 31.5. The molecule has 10 aliphatic carbocycles. The first-order chi connectivity index (χ1) is 37.7. The lowest BCUT2D eigenvalue weighted by Gasteiger charge is -2.61. The third kappa shape index (κ3) is 15.8. The van der Waals surface area contributed by atoms with Crippen LogP contribution in [0.25, 0.3) is 0 Å². The maximum atomic E-state index is 12.6. The van der Waals surface area contributed by atoms with E-state index >= 15 is 0 Å². The summed E-state index contributed by atoms with van der Waals surface area (Å²) >= 11 is 0. The minimum atomic E-state index is -1.68. The van der Waals surface area contributed by atoms with E-state index in [2.05, 4.69) is 20.8 Å². The number of fused-ring (bicyclic) bond motifs is 1. The SMILES string of the molecule is CCC(C)(C)C(=O)OC(C)(C)C12CC3CC(CC(C3)C1)C2.CCC(C)(C)C(=O)OC12CC3CC(CC(O)(C3)C1)C2.CCC(C)(C)C(=O)OC1C2CC3C(=O)OC1C3C2.CCC(C)(C)C(=O)OCC(O)(COCOC)CC(=O)OC(C)(C)C. The maximum Gasteiger partial charge on any atom is 0.312 e. The first-order valence-electron chi connectivity index (χ1n) is 31.5. The van der Waals surface area contributed by atoms with Crippen molar-refractivity contribution in [3.05, 3.63) is 0 Å². The van der Waals surface area contributed by atoms with Crippen LogP contribution in [0.3, 0.4) is 0 Å². The molecule has 1 aliphatic heterocycles. The van der Waals surface area contributed by atoms with Crippen LogP contribution in [0.2, 0.25) is 0 Å². The Hall–Kier alpha value is -3.34. The fourth-order valence-corrected chi connectivity index (χ4v) is 15.3. The second-order valence-electron chi connectivity index (χ2n) is 31.4. The van der Waals surface area contributed by atoms with E-state index in [9.17, 15) is 39.0 Å². The zero-order valence-corrected chi connectivity index (χ0v) is 53.9. The molecule has 10 saturated carbocycles. The van der Waals surface area contributed by atoms with Crippen molar-refractivity contribution in [1.29, 1.82) is 0 Å². The molecule has 470 valence electrons. The number of carbonyl (C=O) groups excluding carboxylic acids is 6. The van der Waals surface area contributed by atoms with Crippen LogP contribution < -0.4 is 0 Å². The molecule has 16 heteroatoms. The number of methoxy groups -OCH3 is 1. The van der Waals surface area contributed by atoms with Crippen molar-refractivity contribution < 1.29 is 76.9 Å². The van der Waals surface area contributed by atoms with Gasteiger partial charge in [-0.25, -0.2) is 0 Å². The summed E-state index contributed by atoms with van der Waals surface area (Å²) in [6.45, 7) is 32.1. The van der Waals surface area contributed by atoms with Gasteiger partial charge in [0.2, 0.25) is 0 Å². The first kappa shape index (κ1) is 67.8. The summed E-state index contributed by atoms with van der Waals surface area (Å²) < 4.78 is 43.5. The standard InChI is InChI=1S/C19H32O2.C17H32O7.C16H26O3.C14H20O4/c1-6-17(2,3)16(20)21-18(4,5)19-10-13-7-14(11-19)9-15(8-13)12-19;1-8-16(5,6)14(19)23-11-17(20,10-22-12-21-7)9-13(18)24-15(2,3)4;1-4-14(2,3)13(17)19-16-8-11-5-12(9-16)7-15(18,6-11)10-16;1-4-14(2,3)13(16)18-10-7-5-8-9(6-7)12(15)17-11(8)10/h13-15H,6-12H2,1-5H3;20H,8-12H2,1-7H3;11-12,18H,4-10H2,1-3H3;7-11H,4-6H2,1-3H3. The van der Waals surface area contributed by atoms with Crippen molar-refractivity contribution in [3.63, 3.8) is 0 Å².